The number of nitrogens with one attached hydrogen (secondary N) is 5. The van der Waals surface area contributed by atoms with Gasteiger partial charge in [0.1, 0.15) is 5.84 Å². The zero-order chi connectivity index (χ0) is 27.5. The SMILES string of the molecule is C=CN/C(=N\C(=O)N(CC(=N)/N=C\NC)Cc1cc(P)c(P)c(Cl)c1)NC1=C/C(=C/C)C(=N)C=C1CC. The molecule has 1 aromatic rings. The van der Waals surface area contributed by atoms with Gasteiger partial charge in [-0.3, -0.25) is 5.41 Å². The maximum absolute atomic E-state index is 13.4. The number of nitrogens with zero attached hydrogens (tertiary/aromatic N) is 3. The van der Waals surface area contributed by atoms with Gasteiger partial charge < -0.3 is 26.3 Å². The number of benzene rings is 1. The van der Waals surface area contributed by atoms with E-state index in [1.807, 2.05) is 32.1 Å². The van der Waals surface area contributed by atoms with E-state index >= 15 is 0 Å². The Labute approximate surface area is 227 Å². The number of hydrogen-bond donors (Lipinski definition) is 5. The molecule has 0 fully saturated rings. The lowest BCUT2D eigenvalue weighted by Gasteiger charge is -2.23. The lowest BCUT2D eigenvalue weighted by atomic mass is 9.95. The lowest BCUT2D eigenvalue weighted by Crippen LogP contribution is -2.39. The number of urea groups is 1. The van der Waals surface area contributed by atoms with Crippen LogP contribution in [-0.2, 0) is 6.54 Å². The summed E-state index contributed by atoms with van der Waals surface area (Å²) in [7, 11) is 6.89. The first-order chi connectivity index (χ1) is 17.6. The summed E-state index contributed by atoms with van der Waals surface area (Å²) < 4.78 is 0. The van der Waals surface area contributed by atoms with Crippen molar-refractivity contribution in [2.45, 2.75) is 26.8 Å². The summed E-state index contributed by atoms with van der Waals surface area (Å²) in [6.45, 7) is 7.63. The Kier molecular flexibility index (Phi) is 11.9. The third-order valence-electron chi connectivity index (χ3n) is 5.22. The van der Waals surface area contributed by atoms with Gasteiger partial charge in [0.15, 0.2) is 0 Å². The summed E-state index contributed by atoms with van der Waals surface area (Å²) in [5, 5.41) is 27.4. The maximum atomic E-state index is 13.4. The summed E-state index contributed by atoms with van der Waals surface area (Å²) >= 11 is 6.35. The number of carbonyl (C=O) groups excluding carboxylic acids is 1. The maximum Gasteiger partial charge on any atom is 0.347 e. The average molecular weight is 559 g/mol. The second kappa shape index (κ2) is 14.6. The van der Waals surface area contributed by atoms with Gasteiger partial charge in [0.25, 0.3) is 0 Å². The first kappa shape index (κ1) is 30.1. The molecule has 2 amide bonds. The fourth-order valence-corrected chi connectivity index (χ4v) is 4.24. The van der Waals surface area contributed by atoms with Crippen molar-refractivity contribution >= 4 is 70.6 Å². The van der Waals surface area contributed by atoms with E-state index in [2.05, 4.69) is 51.0 Å². The van der Waals surface area contributed by atoms with Crippen molar-refractivity contribution in [1.29, 1.82) is 10.8 Å². The minimum Gasteiger partial charge on any atom is -0.379 e. The van der Waals surface area contributed by atoms with Crippen LogP contribution in [0.25, 0.3) is 0 Å². The number of carbonyl (C=O) groups is 1. The summed E-state index contributed by atoms with van der Waals surface area (Å²) in [6, 6.07) is 3.10. The van der Waals surface area contributed by atoms with Gasteiger partial charge in [-0.05, 0) is 71.1 Å². The van der Waals surface area contributed by atoms with Crippen molar-refractivity contribution in [2.24, 2.45) is 9.98 Å². The molecule has 1 aliphatic carbocycles. The van der Waals surface area contributed by atoms with Crippen molar-refractivity contribution in [1.82, 2.24) is 20.9 Å². The van der Waals surface area contributed by atoms with Crippen LogP contribution >= 0.6 is 30.1 Å². The van der Waals surface area contributed by atoms with Gasteiger partial charge in [-0.15, -0.1) is 18.5 Å². The Hall–Kier alpha value is -3.12. The van der Waals surface area contributed by atoms with Crippen LogP contribution in [0.2, 0.25) is 5.02 Å². The number of amidine groups is 1. The lowest BCUT2D eigenvalue weighted by molar-refractivity contribution is 0.212. The van der Waals surface area contributed by atoms with Gasteiger partial charge in [-0.1, -0.05) is 31.2 Å². The monoisotopic (exact) mass is 558 g/mol. The van der Waals surface area contributed by atoms with Crippen molar-refractivity contribution in [3.8, 4) is 0 Å². The number of hydrogen-bond acceptors (Lipinski definition) is 3. The number of amides is 2. The molecule has 2 atom stereocenters. The first-order valence-corrected chi connectivity index (χ1v) is 13.0. The smallest absolute Gasteiger partial charge is 0.347 e. The number of guanidine groups is 1. The molecule has 2 rings (SSSR count). The van der Waals surface area contributed by atoms with E-state index < -0.39 is 6.03 Å². The summed E-state index contributed by atoms with van der Waals surface area (Å²) in [5.41, 5.74) is 3.59. The molecule has 37 heavy (non-hydrogen) atoms. The topological polar surface area (TPSA) is 129 Å². The van der Waals surface area contributed by atoms with Crippen LogP contribution in [0.3, 0.4) is 0 Å². The minimum absolute atomic E-state index is 0.0219. The Morgan fingerprint density at radius 2 is 2.03 bits per heavy atom. The van der Waals surface area contributed by atoms with Crippen LogP contribution in [0.4, 0.5) is 4.79 Å². The molecular weight excluding hydrogens is 526 g/mol. The number of rotatable bonds is 8. The third kappa shape index (κ3) is 8.74. The quantitative estimate of drug-likeness (QED) is 0.190. The second-order valence-electron chi connectivity index (χ2n) is 7.89. The highest BCUT2D eigenvalue weighted by Gasteiger charge is 2.19. The summed E-state index contributed by atoms with van der Waals surface area (Å²) in [6.07, 6.45) is 8.96. The normalized spacial score (nSPS) is 14.8. The molecule has 1 aromatic carbocycles. The van der Waals surface area contributed by atoms with Crippen LogP contribution in [0.1, 0.15) is 25.8 Å². The predicted octanol–water partition coefficient (Wildman–Crippen LogP) is 3.37. The van der Waals surface area contributed by atoms with E-state index in [1.54, 1.807) is 19.2 Å². The highest BCUT2D eigenvalue weighted by Crippen LogP contribution is 2.21. The number of halogens is 1. The summed E-state index contributed by atoms with van der Waals surface area (Å²) in [5.74, 6) is 0.140. The van der Waals surface area contributed by atoms with Crippen molar-refractivity contribution in [3.05, 3.63) is 70.6 Å². The van der Waals surface area contributed by atoms with E-state index in [1.165, 1.54) is 17.4 Å². The molecule has 9 nitrogen and oxygen atoms in total. The van der Waals surface area contributed by atoms with Crippen LogP contribution in [0, 0.1) is 10.8 Å². The molecule has 0 aromatic heterocycles. The summed E-state index contributed by atoms with van der Waals surface area (Å²) in [4.78, 5) is 23.0. The largest absolute Gasteiger partial charge is 0.379 e. The van der Waals surface area contributed by atoms with Crippen LogP contribution < -0.4 is 26.6 Å². The minimum atomic E-state index is -0.588. The molecule has 1 aliphatic rings. The molecule has 0 aliphatic heterocycles. The molecule has 2 unspecified atom stereocenters. The van der Waals surface area contributed by atoms with Gasteiger partial charge in [0.05, 0.1) is 18.6 Å². The predicted molar refractivity (Wildman–Crippen MR) is 163 cm³/mol. The Morgan fingerprint density at radius 3 is 2.62 bits per heavy atom. The molecule has 196 valence electrons. The Bertz CT molecular complexity index is 1210. The Morgan fingerprint density at radius 1 is 1.30 bits per heavy atom. The fourth-order valence-electron chi connectivity index (χ4n) is 3.36. The van der Waals surface area contributed by atoms with Crippen molar-refractivity contribution in [2.75, 3.05) is 13.6 Å². The molecular formula is C25H33ClN8OP2. The standard InChI is InChI=1S/C25H33ClN8OP2/c1-5-16-11-20(17(6-2)10-19(16)27)32-24(30-7-3)33-25(35)34(13-22(28)31-14-29-4)12-15-8-18(26)23(37)21(36)9-15/h5,7-11,14,27H,3,6,12-13,36-37H2,1-2,4H3,(H2,28,29,31)(H2,30,32,33,35)/b16-5-,27-19?. The van der Waals surface area contributed by atoms with Gasteiger partial charge in [0, 0.05) is 24.3 Å². The molecule has 0 saturated carbocycles. The van der Waals surface area contributed by atoms with Crippen molar-refractivity contribution in [3.63, 3.8) is 0 Å². The fraction of sp³-hybridized carbons (Fsp3) is 0.240. The molecule has 0 radical (unpaired) electrons. The highest BCUT2D eigenvalue weighted by atomic mass is 35.5. The van der Waals surface area contributed by atoms with Crippen LogP contribution in [-0.4, -0.2) is 48.4 Å². The highest BCUT2D eigenvalue weighted by molar-refractivity contribution is 7.36. The van der Waals surface area contributed by atoms with E-state index in [4.69, 9.17) is 22.4 Å². The zero-order valence-corrected chi connectivity index (χ0v) is 24.2. The zero-order valence-electron chi connectivity index (χ0n) is 21.2. The van der Waals surface area contributed by atoms with Gasteiger partial charge in [-0.2, -0.15) is 4.99 Å². The van der Waals surface area contributed by atoms with Crippen LogP contribution in [0.15, 0.2) is 70.0 Å². The van der Waals surface area contributed by atoms with E-state index in [0.717, 1.165) is 33.0 Å². The average Bonchev–Trinajstić information content (AvgIpc) is 2.86. The third-order valence-corrected chi connectivity index (χ3v) is 7.17. The van der Waals surface area contributed by atoms with Crippen molar-refractivity contribution < 1.29 is 4.79 Å². The van der Waals surface area contributed by atoms with E-state index in [0.29, 0.717) is 17.2 Å². The second-order valence-corrected chi connectivity index (χ2v) is 9.49. The molecule has 0 heterocycles. The van der Waals surface area contributed by atoms with Gasteiger partial charge in [0.2, 0.25) is 5.96 Å². The Balaban J connectivity index is 2.41. The number of aliphatic imine (C=N–C) groups is 2. The van der Waals surface area contributed by atoms with Crippen LogP contribution in [0.5, 0.6) is 0 Å². The molecule has 0 spiro atoms. The van der Waals surface area contributed by atoms with E-state index in [-0.39, 0.29) is 24.9 Å². The van der Waals surface area contributed by atoms with Gasteiger partial charge in [-0.25, -0.2) is 9.79 Å². The molecule has 0 bridgehead atoms. The molecule has 0 saturated heterocycles. The van der Waals surface area contributed by atoms with E-state index in [9.17, 15) is 4.79 Å². The molecule has 12 heteroatoms. The van der Waals surface area contributed by atoms with Gasteiger partial charge >= 0.3 is 6.03 Å². The first-order valence-electron chi connectivity index (χ1n) is 11.4. The molecule has 5 N–H and O–H groups in total. The number of allylic oxidation sites excluding steroid dienone is 5.